The minimum atomic E-state index is -0.589. The number of carbonyl (C=O) groups is 2. The van der Waals surface area contributed by atoms with Crippen LogP contribution in [0.2, 0.25) is 0 Å². The lowest BCUT2D eigenvalue weighted by atomic mass is 10.1. The molecule has 0 aliphatic carbocycles. The largest absolute Gasteiger partial charge is 0.375 e. The zero-order valence-corrected chi connectivity index (χ0v) is 11.6. The number of carbonyl (C=O) groups excluding carboxylic acids is 2. The Morgan fingerprint density at radius 3 is 2.42 bits per heavy atom. The molecule has 1 amide bonds. The summed E-state index contributed by atoms with van der Waals surface area (Å²) >= 11 is 0. The van der Waals surface area contributed by atoms with Crippen molar-refractivity contribution in [2.45, 2.75) is 33.2 Å². The van der Waals surface area contributed by atoms with Crippen LogP contribution in [-0.4, -0.2) is 23.8 Å². The Kier molecular flexibility index (Phi) is 4.64. The third-order valence-corrected chi connectivity index (χ3v) is 2.32. The van der Waals surface area contributed by atoms with Crippen molar-refractivity contribution in [3.05, 3.63) is 29.6 Å². The summed E-state index contributed by atoms with van der Waals surface area (Å²) in [6.45, 7) is 6.88. The van der Waals surface area contributed by atoms with Gasteiger partial charge in [0, 0.05) is 11.2 Å². The van der Waals surface area contributed by atoms with Gasteiger partial charge in [0.1, 0.15) is 5.82 Å². The van der Waals surface area contributed by atoms with Gasteiger partial charge in [-0.05, 0) is 39.8 Å². The van der Waals surface area contributed by atoms with Gasteiger partial charge in [-0.25, -0.2) is 4.39 Å². The Bertz CT molecular complexity index is 493. The Labute approximate surface area is 112 Å². The number of rotatable bonds is 4. The van der Waals surface area contributed by atoms with Crippen LogP contribution in [0, 0.1) is 5.82 Å². The second-order valence-corrected chi connectivity index (χ2v) is 5.37. The van der Waals surface area contributed by atoms with E-state index in [-0.39, 0.29) is 29.3 Å². The first kappa shape index (κ1) is 15.1. The first-order chi connectivity index (χ1) is 8.70. The van der Waals surface area contributed by atoms with Crippen molar-refractivity contribution in [2.24, 2.45) is 0 Å². The van der Waals surface area contributed by atoms with E-state index in [0.717, 1.165) is 0 Å². The maximum Gasteiger partial charge on any atom is 0.239 e. The van der Waals surface area contributed by atoms with Crippen LogP contribution in [0.4, 0.5) is 10.1 Å². The van der Waals surface area contributed by atoms with Gasteiger partial charge in [0.25, 0.3) is 0 Å². The van der Waals surface area contributed by atoms with Crippen LogP contribution in [0.5, 0.6) is 0 Å². The lowest BCUT2D eigenvalue weighted by molar-refractivity contribution is -0.120. The normalized spacial score (nSPS) is 11.0. The molecule has 0 radical (unpaired) electrons. The van der Waals surface area contributed by atoms with E-state index < -0.39 is 5.82 Å². The SMILES string of the molecule is CC(=O)c1c(F)cccc1NCC(=O)NC(C)(C)C. The molecule has 0 saturated heterocycles. The summed E-state index contributed by atoms with van der Waals surface area (Å²) in [5.41, 5.74) is -0.0213. The molecular weight excluding hydrogens is 247 g/mol. The van der Waals surface area contributed by atoms with Gasteiger partial charge in [-0.2, -0.15) is 0 Å². The van der Waals surface area contributed by atoms with Gasteiger partial charge in [0.05, 0.1) is 12.1 Å². The highest BCUT2D eigenvalue weighted by Crippen LogP contribution is 2.19. The molecule has 0 fully saturated rings. The summed E-state index contributed by atoms with van der Waals surface area (Å²) in [7, 11) is 0. The van der Waals surface area contributed by atoms with Crippen molar-refractivity contribution >= 4 is 17.4 Å². The van der Waals surface area contributed by atoms with Crippen molar-refractivity contribution in [3.8, 4) is 0 Å². The van der Waals surface area contributed by atoms with E-state index in [1.54, 1.807) is 6.07 Å². The number of hydrogen-bond donors (Lipinski definition) is 2. The van der Waals surface area contributed by atoms with Crippen LogP contribution in [0.3, 0.4) is 0 Å². The van der Waals surface area contributed by atoms with Crippen LogP contribution >= 0.6 is 0 Å². The lowest BCUT2D eigenvalue weighted by Gasteiger charge is -2.21. The molecule has 0 saturated carbocycles. The van der Waals surface area contributed by atoms with Gasteiger partial charge in [0.15, 0.2) is 5.78 Å². The van der Waals surface area contributed by atoms with Crippen molar-refractivity contribution in [1.29, 1.82) is 0 Å². The smallest absolute Gasteiger partial charge is 0.239 e. The second kappa shape index (κ2) is 5.82. The fraction of sp³-hybridized carbons (Fsp3) is 0.429. The molecule has 0 aliphatic rings. The van der Waals surface area contributed by atoms with Gasteiger partial charge in [-0.1, -0.05) is 6.07 Å². The number of Topliss-reactive ketones (excluding diaryl/α,β-unsaturated/α-hetero) is 1. The molecule has 0 atom stereocenters. The third-order valence-electron chi connectivity index (χ3n) is 2.32. The average Bonchev–Trinajstić information content (AvgIpc) is 2.23. The van der Waals surface area contributed by atoms with E-state index in [0.29, 0.717) is 5.69 Å². The van der Waals surface area contributed by atoms with E-state index in [1.807, 2.05) is 20.8 Å². The van der Waals surface area contributed by atoms with Crippen LogP contribution in [-0.2, 0) is 4.79 Å². The summed E-state index contributed by atoms with van der Waals surface area (Å²) in [5, 5.41) is 5.56. The monoisotopic (exact) mass is 266 g/mol. The lowest BCUT2D eigenvalue weighted by Crippen LogP contribution is -2.43. The molecular formula is C14H19FN2O2. The van der Waals surface area contributed by atoms with Crippen LogP contribution in [0.15, 0.2) is 18.2 Å². The number of ketones is 1. The van der Waals surface area contributed by atoms with Gasteiger partial charge >= 0.3 is 0 Å². The third kappa shape index (κ3) is 4.69. The van der Waals surface area contributed by atoms with E-state index in [4.69, 9.17) is 0 Å². The number of nitrogens with one attached hydrogen (secondary N) is 2. The number of amides is 1. The van der Waals surface area contributed by atoms with Gasteiger partial charge in [-0.15, -0.1) is 0 Å². The van der Waals surface area contributed by atoms with Crippen molar-refractivity contribution in [3.63, 3.8) is 0 Å². The Morgan fingerprint density at radius 2 is 1.89 bits per heavy atom. The highest BCUT2D eigenvalue weighted by molar-refractivity contribution is 6.00. The fourth-order valence-corrected chi connectivity index (χ4v) is 1.67. The minimum Gasteiger partial charge on any atom is -0.375 e. The predicted molar refractivity (Wildman–Crippen MR) is 72.8 cm³/mol. The topological polar surface area (TPSA) is 58.2 Å². The molecule has 0 aromatic heterocycles. The standard InChI is InChI=1S/C14H19FN2O2/c1-9(18)13-10(15)6-5-7-11(13)16-8-12(19)17-14(2,3)4/h5-7,16H,8H2,1-4H3,(H,17,19). The summed E-state index contributed by atoms with van der Waals surface area (Å²) < 4.78 is 13.5. The maximum atomic E-state index is 13.5. The fourth-order valence-electron chi connectivity index (χ4n) is 1.67. The molecule has 1 aromatic carbocycles. The van der Waals surface area contributed by atoms with E-state index >= 15 is 0 Å². The zero-order chi connectivity index (χ0) is 14.6. The summed E-state index contributed by atoms with van der Waals surface area (Å²) in [6.07, 6.45) is 0. The molecule has 0 bridgehead atoms. The quantitative estimate of drug-likeness (QED) is 0.822. The number of halogens is 1. The average molecular weight is 266 g/mol. The number of benzene rings is 1. The highest BCUT2D eigenvalue weighted by Gasteiger charge is 2.16. The molecule has 2 N–H and O–H groups in total. The summed E-state index contributed by atoms with van der Waals surface area (Å²) in [5.74, 6) is -1.18. The van der Waals surface area contributed by atoms with Crippen molar-refractivity contribution in [1.82, 2.24) is 5.32 Å². The molecule has 104 valence electrons. The van der Waals surface area contributed by atoms with Gasteiger partial charge in [0.2, 0.25) is 5.91 Å². The van der Waals surface area contributed by atoms with E-state index in [2.05, 4.69) is 10.6 Å². The summed E-state index contributed by atoms with van der Waals surface area (Å²) in [4.78, 5) is 23.0. The molecule has 19 heavy (non-hydrogen) atoms. The number of anilines is 1. The number of hydrogen-bond acceptors (Lipinski definition) is 3. The minimum absolute atomic E-state index is 0.0129. The Hall–Kier alpha value is -1.91. The predicted octanol–water partition coefficient (Wildman–Crippen LogP) is 2.35. The Balaban J connectivity index is 2.76. The highest BCUT2D eigenvalue weighted by atomic mass is 19.1. The maximum absolute atomic E-state index is 13.5. The molecule has 0 aliphatic heterocycles. The zero-order valence-electron chi connectivity index (χ0n) is 11.6. The second-order valence-electron chi connectivity index (χ2n) is 5.37. The van der Waals surface area contributed by atoms with Crippen molar-refractivity contribution in [2.75, 3.05) is 11.9 Å². The van der Waals surface area contributed by atoms with E-state index in [1.165, 1.54) is 19.1 Å². The molecule has 0 unspecified atom stereocenters. The van der Waals surface area contributed by atoms with Gasteiger partial charge < -0.3 is 10.6 Å². The Morgan fingerprint density at radius 1 is 1.26 bits per heavy atom. The van der Waals surface area contributed by atoms with Crippen molar-refractivity contribution < 1.29 is 14.0 Å². The van der Waals surface area contributed by atoms with Crippen LogP contribution < -0.4 is 10.6 Å². The van der Waals surface area contributed by atoms with E-state index in [9.17, 15) is 14.0 Å². The van der Waals surface area contributed by atoms with Crippen LogP contribution in [0.25, 0.3) is 0 Å². The molecule has 5 heteroatoms. The molecule has 0 heterocycles. The first-order valence-corrected chi connectivity index (χ1v) is 6.05. The molecule has 1 rings (SSSR count). The molecule has 4 nitrogen and oxygen atoms in total. The molecule has 1 aromatic rings. The summed E-state index contributed by atoms with van der Waals surface area (Å²) in [6, 6.07) is 4.28. The van der Waals surface area contributed by atoms with Gasteiger partial charge in [-0.3, -0.25) is 9.59 Å². The first-order valence-electron chi connectivity index (χ1n) is 6.05. The molecule has 0 spiro atoms. The van der Waals surface area contributed by atoms with Crippen LogP contribution in [0.1, 0.15) is 38.1 Å².